The smallest absolute Gasteiger partial charge is 0.351 e. The van der Waals surface area contributed by atoms with Gasteiger partial charge in [-0.3, -0.25) is 4.79 Å². The number of hydrogen-bond acceptors (Lipinski definition) is 6. The van der Waals surface area contributed by atoms with Crippen molar-refractivity contribution in [2.24, 2.45) is 0 Å². The Morgan fingerprint density at radius 1 is 0.969 bits per heavy atom. The number of esters is 1. The number of allylic oxidation sites excluding steroid dienone is 1. The molecule has 3 aromatic rings. The van der Waals surface area contributed by atoms with Crippen LogP contribution in [0.1, 0.15) is 31.8 Å². The average Bonchev–Trinajstić information content (AvgIpc) is 3.11. The molecule has 0 amide bonds. The number of ketones is 1. The topological polar surface area (TPSA) is 71.1 Å². The van der Waals surface area contributed by atoms with Gasteiger partial charge in [0.05, 0.1) is 19.8 Å². The highest BCUT2D eigenvalue weighted by Gasteiger charge is 2.31. The first kappa shape index (κ1) is 21.5. The van der Waals surface area contributed by atoms with E-state index in [4.69, 9.17) is 30.5 Å². The van der Waals surface area contributed by atoms with E-state index in [0.717, 1.165) is 5.56 Å². The molecular formula is C25H19ClO6. The number of Topliss-reactive ketones (excluding diaryl/α,β-unsaturated/α-hetero) is 1. The van der Waals surface area contributed by atoms with E-state index < -0.39 is 5.97 Å². The van der Waals surface area contributed by atoms with Crippen LogP contribution in [-0.2, 0) is 0 Å². The summed E-state index contributed by atoms with van der Waals surface area (Å²) in [7, 11) is 2.92. The number of rotatable bonds is 5. The second kappa shape index (κ2) is 8.77. The van der Waals surface area contributed by atoms with Gasteiger partial charge in [0, 0.05) is 10.6 Å². The number of carbonyl (C=O) groups excluding carboxylic acids is 2. The van der Waals surface area contributed by atoms with E-state index in [9.17, 15) is 9.59 Å². The van der Waals surface area contributed by atoms with Crippen LogP contribution < -0.4 is 18.9 Å². The fraction of sp³-hybridized carbons (Fsp3) is 0.120. The maximum absolute atomic E-state index is 12.9. The Balaban J connectivity index is 1.65. The van der Waals surface area contributed by atoms with Crippen LogP contribution in [0.25, 0.3) is 6.08 Å². The number of methoxy groups -OCH3 is 2. The summed E-state index contributed by atoms with van der Waals surface area (Å²) in [6.45, 7) is 1.72. The summed E-state index contributed by atoms with van der Waals surface area (Å²) in [6, 6.07) is 15.2. The van der Waals surface area contributed by atoms with Gasteiger partial charge < -0.3 is 18.9 Å². The van der Waals surface area contributed by atoms with Gasteiger partial charge in [-0.15, -0.1) is 0 Å². The van der Waals surface area contributed by atoms with E-state index in [0.29, 0.717) is 33.4 Å². The lowest BCUT2D eigenvalue weighted by Crippen LogP contribution is -2.12. The number of halogens is 1. The molecule has 3 aromatic carbocycles. The zero-order valence-electron chi connectivity index (χ0n) is 17.6. The zero-order valence-corrected chi connectivity index (χ0v) is 18.4. The van der Waals surface area contributed by atoms with Gasteiger partial charge in [0.1, 0.15) is 28.6 Å². The molecule has 0 atom stereocenters. The van der Waals surface area contributed by atoms with Crippen molar-refractivity contribution in [3.63, 3.8) is 0 Å². The Morgan fingerprint density at radius 3 is 2.31 bits per heavy atom. The van der Waals surface area contributed by atoms with Crippen LogP contribution in [0.15, 0.2) is 60.4 Å². The average molecular weight is 451 g/mol. The molecule has 0 aliphatic carbocycles. The normalized spacial score (nSPS) is 13.5. The summed E-state index contributed by atoms with van der Waals surface area (Å²) < 4.78 is 22.0. The standard InChI is InChI=1S/C25H19ClO6/c1-14-18(32-25(28)22-19(29-2)8-5-9-20(22)30-3)11-10-17-23(27)21(31-24(14)17)13-15-6-4-7-16(26)12-15/h4-13H,1-3H3/b21-13-. The summed E-state index contributed by atoms with van der Waals surface area (Å²) in [5, 5.41) is 0.555. The van der Waals surface area contributed by atoms with Crippen LogP contribution >= 0.6 is 11.6 Å². The maximum Gasteiger partial charge on any atom is 0.351 e. The molecule has 7 heteroatoms. The Bertz CT molecular complexity index is 1240. The molecule has 162 valence electrons. The highest BCUT2D eigenvalue weighted by molar-refractivity contribution is 6.30. The van der Waals surface area contributed by atoms with Crippen LogP contribution in [0.5, 0.6) is 23.0 Å². The predicted octanol–water partition coefficient (Wildman–Crippen LogP) is 5.50. The summed E-state index contributed by atoms with van der Waals surface area (Å²) >= 11 is 6.02. The van der Waals surface area contributed by atoms with Crippen molar-refractivity contribution in [3.8, 4) is 23.0 Å². The van der Waals surface area contributed by atoms with E-state index in [-0.39, 0.29) is 22.9 Å². The Hall–Kier alpha value is -3.77. The van der Waals surface area contributed by atoms with Crippen LogP contribution in [0.2, 0.25) is 5.02 Å². The van der Waals surface area contributed by atoms with E-state index in [1.54, 1.807) is 61.5 Å². The van der Waals surface area contributed by atoms with Crippen molar-refractivity contribution in [1.82, 2.24) is 0 Å². The third kappa shape index (κ3) is 3.92. The fourth-order valence-electron chi connectivity index (χ4n) is 3.43. The number of fused-ring (bicyclic) bond motifs is 1. The highest BCUT2D eigenvalue weighted by Crippen LogP contribution is 2.40. The van der Waals surface area contributed by atoms with Crippen molar-refractivity contribution in [1.29, 1.82) is 0 Å². The van der Waals surface area contributed by atoms with Gasteiger partial charge in [-0.2, -0.15) is 0 Å². The lowest BCUT2D eigenvalue weighted by atomic mass is 10.1. The van der Waals surface area contributed by atoms with Gasteiger partial charge in [0.25, 0.3) is 0 Å². The third-order valence-electron chi connectivity index (χ3n) is 5.02. The summed E-state index contributed by atoms with van der Waals surface area (Å²) in [4.78, 5) is 25.7. The third-order valence-corrected chi connectivity index (χ3v) is 5.25. The number of ether oxygens (including phenoxy) is 4. The van der Waals surface area contributed by atoms with Crippen LogP contribution in [0.3, 0.4) is 0 Å². The van der Waals surface area contributed by atoms with Gasteiger partial charge >= 0.3 is 5.97 Å². The van der Waals surface area contributed by atoms with Gasteiger partial charge in [-0.05, 0) is 55.0 Å². The van der Waals surface area contributed by atoms with Crippen molar-refractivity contribution in [2.45, 2.75) is 6.92 Å². The molecule has 0 unspecified atom stereocenters. The zero-order chi connectivity index (χ0) is 22.8. The minimum atomic E-state index is -0.652. The molecule has 0 spiro atoms. The molecule has 0 radical (unpaired) electrons. The minimum Gasteiger partial charge on any atom is -0.496 e. The van der Waals surface area contributed by atoms with E-state index in [1.807, 2.05) is 6.07 Å². The van der Waals surface area contributed by atoms with E-state index in [1.165, 1.54) is 14.2 Å². The molecule has 4 rings (SSSR count). The number of benzene rings is 3. The van der Waals surface area contributed by atoms with Gasteiger partial charge in [0.2, 0.25) is 5.78 Å². The predicted molar refractivity (Wildman–Crippen MR) is 120 cm³/mol. The molecule has 32 heavy (non-hydrogen) atoms. The van der Waals surface area contributed by atoms with Gasteiger partial charge in [0.15, 0.2) is 5.76 Å². The minimum absolute atomic E-state index is 0.163. The van der Waals surface area contributed by atoms with Crippen molar-refractivity contribution >= 4 is 29.4 Å². The monoisotopic (exact) mass is 450 g/mol. The second-order valence-electron chi connectivity index (χ2n) is 6.99. The summed E-state index contributed by atoms with van der Waals surface area (Å²) in [5.74, 6) is 0.519. The molecule has 6 nitrogen and oxygen atoms in total. The SMILES string of the molecule is COc1cccc(OC)c1C(=O)Oc1ccc2c(c1C)O/C(=C\c1cccc(Cl)c1)C2=O. The molecule has 0 N–H and O–H groups in total. The molecule has 0 fully saturated rings. The van der Waals surface area contributed by atoms with Gasteiger partial charge in [-0.1, -0.05) is 29.8 Å². The van der Waals surface area contributed by atoms with Crippen LogP contribution in [0, 0.1) is 6.92 Å². The van der Waals surface area contributed by atoms with E-state index >= 15 is 0 Å². The largest absolute Gasteiger partial charge is 0.496 e. The fourth-order valence-corrected chi connectivity index (χ4v) is 3.63. The summed E-state index contributed by atoms with van der Waals surface area (Å²) in [5.41, 5.74) is 1.81. The second-order valence-corrected chi connectivity index (χ2v) is 7.42. The van der Waals surface area contributed by atoms with Crippen molar-refractivity contribution in [2.75, 3.05) is 14.2 Å². The number of hydrogen-bond donors (Lipinski definition) is 0. The summed E-state index contributed by atoms with van der Waals surface area (Å²) in [6.07, 6.45) is 1.62. The first-order chi connectivity index (χ1) is 15.4. The van der Waals surface area contributed by atoms with Crippen molar-refractivity contribution < 1.29 is 28.5 Å². The maximum atomic E-state index is 12.9. The Morgan fingerprint density at radius 2 is 1.66 bits per heavy atom. The molecule has 0 saturated heterocycles. The first-order valence-electron chi connectivity index (χ1n) is 9.69. The molecular weight excluding hydrogens is 432 g/mol. The van der Waals surface area contributed by atoms with Crippen LogP contribution in [-0.4, -0.2) is 26.0 Å². The first-order valence-corrected chi connectivity index (χ1v) is 10.1. The lowest BCUT2D eigenvalue weighted by molar-refractivity contribution is 0.0726. The Kier molecular flexibility index (Phi) is 5.88. The highest BCUT2D eigenvalue weighted by atomic mass is 35.5. The van der Waals surface area contributed by atoms with Gasteiger partial charge in [-0.25, -0.2) is 4.79 Å². The van der Waals surface area contributed by atoms with E-state index in [2.05, 4.69) is 0 Å². The molecule has 0 saturated carbocycles. The molecule has 0 bridgehead atoms. The molecule has 0 aromatic heterocycles. The Labute approximate surface area is 189 Å². The molecule has 1 heterocycles. The van der Waals surface area contributed by atoms with Crippen LogP contribution in [0.4, 0.5) is 0 Å². The number of carbonyl (C=O) groups is 2. The quantitative estimate of drug-likeness (QED) is 0.290. The lowest BCUT2D eigenvalue weighted by Gasteiger charge is -2.14. The molecule has 1 aliphatic heterocycles. The molecule has 1 aliphatic rings. The van der Waals surface area contributed by atoms with Crippen molar-refractivity contribution in [3.05, 3.63) is 87.6 Å².